The highest BCUT2D eigenvalue weighted by Crippen LogP contribution is 2.22. The Balaban J connectivity index is 2.90. The molecule has 1 rings (SSSR count). The van der Waals surface area contributed by atoms with Gasteiger partial charge in [-0.05, 0) is 39.0 Å². The van der Waals surface area contributed by atoms with E-state index in [1.54, 1.807) is 0 Å². The number of rotatable bonds is 8. The van der Waals surface area contributed by atoms with Gasteiger partial charge in [0.25, 0.3) is 0 Å². The summed E-state index contributed by atoms with van der Waals surface area (Å²) in [5, 5.41) is 9.33. The molecule has 0 saturated carbocycles. The van der Waals surface area contributed by atoms with Gasteiger partial charge in [0.15, 0.2) is 0 Å². The van der Waals surface area contributed by atoms with Gasteiger partial charge in [-0.15, -0.1) is 0 Å². The molecule has 0 aliphatic rings. The number of hydrogen-bond acceptors (Lipinski definition) is 3. The van der Waals surface area contributed by atoms with Crippen LogP contribution >= 0.6 is 0 Å². The maximum Gasteiger partial charge on any atom is 0.411 e. The predicted octanol–water partition coefficient (Wildman–Crippen LogP) is 3.05. The Hall–Kier alpha value is -1.75. The largest absolute Gasteiger partial charge is 0.465 e. The smallest absolute Gasteiger partial charge is 0.411 e. The zero-order valence-corrected chi connectivity index (χ0v) is 12.5. The van der Waals surface area contributed by atoms with Crippen molar-refractivity contribution in [3.63, 3.8) is 0 Å². The van der Waals surface area contributed by atoms with E-state index in [0.717, 1.165) is 18.8 Å². The van der Waals surface area contributed by atoms with Gasteiger partial charge in [0, 0.05) is 31.1 Å². The zero-order valence-electron chi connectivity index (χ0n) is 12.5. The number of carbonyl (C=O) groups is 1. The van der Waals surface area contributed by atoms with E-state index < -0.39 is 6.09 Å². The molecule has 1 amide bonds. The molecule has 1 aromatic carbocycles. The molecule has 0 aromatic heterocycles. The standard InChI is InChI=1S/C15H24N2O3/c1-4-16(5-2)13-8-7-9-14(12-13)17(15(18)19)10-11-20-6-3/h7-9,12H,4-6,10-11H2,1-3H3,(H,18,19). The maximum atomic E-state index is 11.4. The zero-order chi connectivity index (χ0) is 15.0. The number of benzene rings is 1. The minimum absolute atomic E-state index is 0.338. The Morgan fingerprint density at radius 1 is 1.20 bits per heavy atom. The number of hydrogen-bond donors (Lipinski definition) is 1. The average Bonchev–Trinajstić information content (AvgIpc) is 2.45. The molecule has 20 heavy (non-hydrogen) atoms. The summed E-state index contributed by atoms with van der Waals surface area (Å²) in [5.74, 6) is 0. The fourth-order valence-corrected chi connectivity index (χ4v) is 2.08. The first-order chi connectivity index (χ1) is 9.63. The molecule has 0 heterocycles. The van der Waals surface area contributed by atoms with Gasteiger partial charge >= 0.3 is 6.09 Å². The van der Waals surface area contributed by atoms with E-state index in [9.17, 15) is 9.90 Å². The molecule has 1 N–H and O–H groups in total. The third-order valence-electron chi connectivity index (χ3n) is 3.16. The summed E-state index contributed by atoms with van der Waals surface area (Å²) in [5.41, 5.74) is 1.72. The lowest BCUT2D eigenvalue weighted by atomic mass is 10.2. The highest BCUT2D eigenvalue weighted by atomic mass is 16.5. The normalized spacial score (nSPS) is 10.3. The van der Waals surface area contributed by atoms with Crippen LogP contribution in [0.1, 0.15) is 20.8 Å². The van der Waals surface area contributed by atoms with Gasteiger partial charge < -0.3 is 14.7 Å². The molecule has 112 valence electrons. The molecular formula is C15H24N2O3. The van der Waals surface area contributed by atoms with Crippen LogP contribution in [0.5, 0.6) is 0 Å². The summed E-state index contributed by atoms with van der Waals surface area (Å²) in [7, 11) is 0. The van der Waals surface area contributed by atoms with Crippen molar-refractivity contribution >= 4 is 17.5 Å². The van der Waals surface area contributed by atoms with Crippen LogP contribution in [-0.2, 0) is 4.74 Å². The van der Waals surface area contributed by atoms with Gasteiger partial charge in [0.05, 0.1) is 13.2 Å². The fraction of sp³-hybridized carbons (Fsp3) is 0.533. The van der Waals surface area contributed by atoms with E-state index in [-0.39, 0.29) is 0 Å². The lowest BCUT2D eigenvalue weighted by Crippen LogP contribution is -2.33. The van der Waals surface area contributed by atoms with Crippen molar-refractivity contribution in [2.45, 2.75) is 20.8 Å². The Morgan fingerprint density at radius 3 is 2.40 bits per heavy atom. The number of nitrogens with zero attached hydrogens (tertiary/aromatic N) is 2. The van der Waals surface area contributed by atoms with E-state index in [1.807, 2.05) is 31.2 Å². The lowest BCUT2D eigenvalue weighted by Gasteiger charge is -2.24. The van der Waals surface area contributed by atoms with Crippen LogP contribution in [0.15, 0.2) is 24.3 Å². The van der Waals surface area contributed by atoms with Gasteiger partial charge in [-0.25, -0.2) is 4.79 Å². The molecule has 0 bridgehead atoms. The minimum Gasteiger partial charge on any atom is -0.465 e. The van der Waals surface area contributed by atoms with Crippen LogP contribution in [0.25, 0.3) is 0 Å². The summed E-state index contributed by atoms with van der Waals surface area (Å²) in [4.78, 5) is 14.9. The first-order valence-electron chi connectivity index (χ1n) is 7.07. The van der Waals surface area contributed by atoms with Gasteiger partial charge in [0.1, 0.15) is 0 Å². The monoisotopic (exact) mass is 280 g/mol. The second-order valence-corrected chi connectivity index (χ2v) is 4.32. The Bertz CT molecular complexity index is 419. The van der Waals surface area contributed by atoms with Crippen LogP contribution in [0.4, 0.5) is 16.2 Å². The van der Waals surface area contributed by atoms with Crippen molar-refractivity contribution in [1.82, 2.24) is 0 Å². The Morgan fingerprint density at radius 2 is 1.85 bits per heavy atom. The molecule has 0 aliphatic heterocycles. The van der Waals surface area contributed by atoms with Crippen LogP contribution < -0.4 is 9.80 Å². The third kappa shape index (κ3) is 4.42. The molecule has 0 atom stereocenters. The van der Waals surface area contributed by atoms with E-state index in [0.29, 0.717) is 25.4 Å². The molecule has 0 aliphatic carbocycles. The summed E-state index contributed by atoms with van der Waals surface area (Å²) in [6, 6.07) is 7.61. The summed E-state index contributed by atoms with van der Waals surface area (Å²) in [6.45, 7) is 9.18. The first kappa shape index (κ1) is 16.3. The number of anilines is 2. The van der Waals surface area contributed by atoms with Crippen LogP contribution in [0.3, 0.4) is 0 Å². The summed E-state index contributed by atoms with van der Waals surface area (Å²) < 4.78 is 5.24. The van der Waals surface area contributed by atoms with Gasteiger partial charge in [-0.3, -0.25) is 4.90 Å². The third-order valence-corrected chi connectivity index (χ3v) is 3.16. The van der Waals surface area contributed by atoms with Gasteiger partial charge in [0.2, 0.25) is 0 Å². The van der Waals surface area contributed by atoms with E-state index in [2.05, 4.69) is 18.7 Å². The van der Waals surface area contributed by atoms with E-state index in [4.69, 9.17) is 4.74 Å². The van der Waals surface area contributed by atoms with Crippen molar-refractivity contribution in [1.29, 1.82) is 0 Å². The molecular weight excluding hydrogens is 256 g/mol. The molecule has 0 fully saturated rings. The molecule has 0 spiro atoms. The Labute approximate surface area is 120 Å². The number of ether oxygens (including phenoxy) is 1. The van der Waals surface area contributed by atoms with Crippen molar-refractivity contribution in [3.8, 4) is 0 Å². The number of amides is 1. The molecule has 1 aromatic rings. The first-order valence-corrected chi connectivity index (χ1v) is 7.07. The van der Waals surface area contributed by atoms with Crippen molar-refractivity contribution in [2.24, 2.45) is 0 Å². The second kappa shape index (κ2) is 8.43. The van der Waals surface area contributed by atoms with Crippen molar-refractivity contribution in [3.05, 3.63) is 24.3 Å². The van der Waals surface area contributed by atoms with Gasteiger partial charge in [-0.1, -0.05) is 6.07 Å². The molecule has 5 nitrogen and oxygen atoms in total. The molecule has 0 radical (unpaired) electrons. The summed E-state index contributed by atoms with van der Waals surface area (Å²) in [6.07, 6.45) is -0.957. The number of carboxylic acid groups (broad SMARTS) is 1. The van der Waals surface area contributed by atoms with E-state index >= 15 is 0 Å². The van der Waals surface area contributed by atoms with Crippen molar-refractivity contribution < 1.29 is 14.6 Å². The summed E-state index contributed by atoms with van der Waals surface area (Å²) >= 11 is 0. The fourth-order valence-electron chi connectivity index (χ4n) is 2.08. The van der Waals surface area contributed by atoms with Gasteiger partial charge in [-0.2, -0.15) is 0 Å². The van der Waals surface area contributed by atoms with Crippen LogP contribution in [0.2, 0.25) is 0 Å². The highest BCUT2D eigenvalue weighted by Gasteiger charge is 2.15. The van der Waals surface area contributed by atoms with E-state index in [1.165, 1.54) is 4.90 Å². The quantitative estimate of drug-likeness (QED) is 0.744. The second-order valence-electron chi connectivity index (χ2n) is 4.32. The average molecular weight is 280 g/mol. The highest BCUT2D eigenvalue weighted by molar-refractivity contribution is 5.86. The maximum absolute atomic E-state index is 11.4. The predicted molar refractivity (Wildman–Crippen MR) is 81.9 cm³/mol. The Kier molecular flexibility index (Phi) is 6.87. The SMILES string of the molecule is CCOCCN(C(=O)O)c1cccc(N(CC)CC)c1. The topological polar surface area (TPSA) is 53.0 Å². The molecule has 5 heteroatoms. The molecule has 0 saturated heterocycles. The van der Waals surface area contributed by atoms with Crippen LogP contribution in [0, 0.1) is 0 Å². The van der Waals surface area contributed by atoms with Crippen molar-refractivity contribution in [2.75, 3.05) is 42.6 Å². The molecule has 0 unspecified atom stereocenters. The van der Waals surface area contributed by atoms with Crippen LogP contribution in [-0.4, -0.2) is 44.0 Å². The lowest BCUT2D eigenvalue weighted by molar-refractivity contribution is 0.150. The minimum atomic E-state index is -0.957.